The topological polar surface area (TPSA) is 36.7 Å². The van der Waals surface area contributed by atoms with E-state index in [1.807, 2.05) is 12.1 Å². The summed E-state index contributed by atoms with van der Waals surface area (Å²) in [6, 6.07) is 11.5. The molecule has 0 bridgehead atoms. The highest BCUT2D eigenvalue weighted by molar-refractivity contribution is 7.98. The number of hydrogen-bond donors (Lipinski definition) is 0. The van der Waals surface area contributed by atoms with Crippen molar-refractivity contribution in [3.8, 4) is 6.07 Å². The van der Waals surface area contributed by atoms with Gasteiger partial charge in [-0.15, -0.1) is 11.8 Å². The van der Waals surface area contributed by atoms with Gasteiger partial charge < -0.3 is 0 Å². The number of hydrogen-bond acceptors (Lipinski definition) is 3. The number of nitriles is 1. The van der Waals surface area contributed by atoms with Crippen LogP contribution in [0.25, 0.3) is 0 Å². The molecule has 0 unspecified atom stereocenters. The first-order valence-corrected chi connectivity index (χ1v) is 6.63. The molecule has 2 aromatic rings. The van der Waals surface area contributed by atoms with Crippen molar-refractivity contribution >= 4 is 11.8 Å². The Bertz CT molecular complexity index is 630. The molecule has 0 saturated carbocycles. The Morgan fingerprint density at radius 1 is 1.15 bits per heavy atom. The van der Waals surface area contributed by atoms with Gasteiger partial charge in [0.25, 0.3) is 0 Å². The predicted molar refractivity (Wildman–Crippen MR) is 70.0 cm³/mol. The van der Waals surface area contributed by atoms with Gasteiger partial charge in [0.1, 0.15) is 0 Å². The van der Waals surface area contributed by atoms with Crippen LogP contribution in [0.2, 0.25) is 0 Å². The molecule has 0 N–H and O–H groups in total. The van der Waals surface area contributed by atoms with E-state index in [2.05, 4.69) is 11.1 Å². The second-order valence-corrected chi connectivity index (χ2v) is 4.94. The maximum Gasteiger partial charge on any atom is 0.417 e. The fourth-order valence-corrected chi connectivity index (χ4v) is 2.39. The van der Waals surface area contributed by atoms with Crippen LogP contribution in [0.1, 0.15) is 16.7 Å². The maximum atomic E-state index is 12.4. The van der Waals surface area contributed by atoms with Gasteiger partial charge in [0.05, 0.1) is 22.2 Å². The van der Waals surface area contributed by atoms with Crippen molar-refractivity contribution in [2.75, 3.05) is 0 Å². The molecule has 0 fully saturated rings. The molecular formula is C14H9F3N2S. The van der Waals surface area contributed by atoms with Crippen molar-refractivity contribution < 1.29 is 13.2 Å². The third kappa shape index (κ3) is 3.52. The lowest BCUT2D eigenvalue weighted by Crippen LogP contribution is -2.05. The lowest BCUT2D eigenvalue weighted by molar-refractivity contribution is -0.137. The number of rotatable bonds is 3. The van der Waals surface area contributed by atoms with E-state index in [-0.39, 0.29) is 0 Å². The first-order valence-electron chi connectivity index (χ1n) is 5.65. The van der Waals surface area contributed by atoms with Crippen molar-refractivity contribution in [2.45, 2.75) is 17.0 Å². The molecule has 2 nitrogen and oxygen atoms in total. The van der Waals surface area contributed by atoms with Crippen LogP contribution in [0, 0.1) is 11.3 Å². The fourth-order valence-electron chi connectivity index (χ4n) is 1.54. The molecule has 1 heterocycles. The summed E-state index contributed by atoms with van der Waals surface area (Å²) in [6.07, 6.45) is -3.55. The SMILES string of the molecule is N#Cc1ccccc1CSc1ccc(C(F)(F)F)cn1. The monoisotopic (exact) mass is 294 g/mol. The number of halogens is 3. The summed E-state index contributed by atoms with van der Waals surface area (Å²) in [7, 11) is 0. The van der Waals surface area contributed by atoms with Crippen LogP contribution in [-0.2, 0) is 11.9 Å². The molecule has 0 spiro atoms. The highest BCUT2D eigenvalue weighted by atomic mass is 32.2. The number of pyridine rings is 1. The van der Waals surface area contributed by atoms with Crippen molar-refractivity contribution in [3.05, 3.63) is 59.3 Å². The van der Waals surface area contributed by atoms with Crippen LogP contribution in [0.15, 0.2) is 47.6 Å². The van der Waals surface area contributed by atoms with Gasteiger partial charge in [-0.2, -0.15) is 18.4 Å². The second-order valence-electron chi connectivity index (χ2n) is 3.94. The van der Waals surface area contributed by atoms with Gasteiger partial charge in [-0.05, 0) is 23.8 Å². The Morgan fingerprint density at radius 2 is 1.90 bits per heavy atom. The van der Waals surface area contributed by atoms with Crippen LogP contribution >= 0.6 is 11.8 Å². The first kappa shape index (κ1) is 14.4. The zero-order chi connectivity index (χ0) is 14.6. The quantitative estimate of drug-likeness (QED) is 0.793. The molecule has 0 radical (unpaired) electrons. The van der Waals surface area contributed by atoms with Crippen LogP contribution in [0.3, 0.4) is 0 Å². The van der Waals surface area contributed by atoms with Crippen molar-refractivity contribution in [2.24, 2.45) is 0 Å². The summed E-state index contributed by atoms with van der Waals surface area (Å²) < 4.78 is 37.2. The van der Waals surface area contributed by atoms with E-state index in [0.717, 1.165) is 17.8 Å². The molecule has 1 aromatic heterocycles. The summed E-state index contributed by atoms with van der Waals surface area (Å²) in [5.74, 6) is 0.488. The van der Waals surface area contributed by atoms with Gasteiger partial charge in [0.2, 0.25) is 0 Å². The summed E-state index contributed by atoms with van der Waals surface area (Å²) in [6.45, 7) is 0. The van der Waals surface area contributed by atoms with Crippen molar-refractivity contribution in [1.29, 1.82) is 5.26 Å². The van der Waals surface area contributed by atoms with Gasteiger partial charge in [0, 0.05) is 11.9 Å². The zero-order valence-electron chi connectivity index (χ0n) is 10.2. The lowest BCUT2D eigenvalue weighted by Gasteiger charge is -2.07. The van der Waals surface area contributed by atoms with Crippen molar-refractivity contribution in [3.63, 3.8) is 0 Å². The Hall–Kier alpha value is -2.00. The summed E-state index contributed by atoms with van der Waals surface area (Å²) in [5.41, 5.74) is 0.632. The van der Waals surface area contributed by atoms with Crippen LogP contribution in [0.5, 0.6) is 0 Å². The molecule has 20 heavy (non-hydrogen) atoms. The minimum Gasteiger partial charge on any atom is -0.249 e. The Balaban J connectivity index is 2.07. The molecular weight excluding hydrogens is 285 g/mol. The average molecular weight is 294 g/mol. The van der Waals surface area contributed by atoms with E-state index in [9.17, 15) is 13.2 Å². The lowest BCUT2D eigenvalue weighted by atomic mass is 10.1. The van der Waals surface area contributed by atoms with E-state index in [0.29, 0.717) is 16.3 Å². The largest absolute Gasteiger partial charge is 0.417 e. The number of alkyl halides is 3. The van der Waals surface area contributed by atoms with Crippen LogP contribution in [0.4, 0.5) is 13.2 Å². The minimum absolute atomic E-state index is 0.488. The highest BCUT2D eigenvalue weighted by Crippen LogP contribution is 2.30. The maximum absolute atomic E-state index is 12.4. The van der Waals surface area contributed by atoms with Gasteiger partial charge in [-0.3, -0.25) is 0 Å². The average Bonchev–Trinajstić information content (AvgIpc) is 2.45. The third-order valence-corrected chi connectivity index (χ3v) is 3.57. The molecule has 6 heteroatoms. The predicted octanol–water partition coefficient (Wildman–Crippen LogP) is 4.26. The molecule has 0 amide bonds. The number of thioether (sulfide) groups is 1. The van der Waals surface area contributed by atoms with Crippen LogP contribution < -0.4 is 0 Å². The van der Waals surface area contributed by atoms with E-state index >= 15 is 0 Å². The van der Waals surface area contributed by atoms with Gasteiger partial charge >= 0.3 is 6.18 Å². The van der Waals surface area contributed by atoms with Crippen LogP contribution in [-0.4, -0.2) is 4.98 Å². The first-order chi connectivity index (χ1) is 9.50. The molecule has 0 aliphatic carbocycles. The highest BCUT2D eigenvalue weighted by Gasteiger charge is 2.30. The Labute approximate surface area is 118 Å². The van der Waals surface area contributed by atoms with E-state index < -0.39 is 11.7 Å². The summed E-state index contributed by atoms with van der Waals surface area (Å²) >= 11 is 1.29. The third-order valence-electron chi connectivity index (χ3n) is 2.58. The summed E-state index contributed by atoms with van der Waals surface area (Å²) in [5, 5.41) is 9.43. The molecule has 0 saturated heterocycles. The molecule has 2 rings (SSSR count). The minimum atomic E-state index is -4.37. The standard InChI is InChI=1S/C14H9F3N2S/c15-14(16,17)12-5-6-13(19-8-12)20-9-11-4-2-1-3-10(11)7-18/h1-6,8H,9H2. The Morgan fingerprint density at radius 3 is 2.50 bits per heavy atom. The van der Waals surface area contributed by atoms with Crippen molar-refractivity contribution in [1.82, 2.24) is 4.98 Å². The summed E-state index contributed by atoms with van der Waals surface area (Å²) in [4.78, 5) is 3.78. The number of aromatic nitrogens is 1. The normalized spacial score (nSPS) is 11.1. The van der Waals surface area contributed by atoms with Gasteiger partial charge in [-0.25, -0.2) is 4.98 Å². The molecule has 0 aliphatic heterocycles. The molecule has 0 aliphatic rings. The Kier molecular flexibility index (Phi) is 4.30. The molecule has 0 atom stereocenters. The number of nitrogens with zero attached hydrogens (tertiary/aromatic N) is 2. The second kappa shape index (κ2) is 5.97. The van der Waals surface area contributed by atoms with Gasteiger partial charge in [-0.1, -0.05) is 18.2 Å². The van der Waals surface area contributed by atoms with E-state index in [4.69, 9.17) is 5.26 Å². The number of benzene rings is 1. The smallest absolute Gasteiger partial charge is 0.249 e. The van der Waals surface area contributed by atoms with E-state index in [1.54, 1.807) is 12.1 Å². The molecule has 102 valence electrons. The molecule has 1 aromatic carbocycles. The fraction of sp³-hybridized carbons (Fsp3) is 0.143. The zero-order valence-corrected chi connectivity index (χ0v) is 11.0. The van der Waals surface area contributed by atoms with E-state index in [1.165, 1.54) is 17.8 Å². The van der Waals surface area contributed by atoms with Gasteiger partial charge in [0.15, 0.2) is 0 Å².